The number of hydrogen-bond acceptors (Lipinski definition) is 2. The highest BCUT2D eigenvalue weighted by atomic mass is 79.9. The zero-order valence-electron chi connectivity index (χ0n) is 7.88. The van der Waals surface area contributed by atoms with Crippen molar-refractivity contribution in [3.8, 4) is 0 Å². The summed E-state index contributed by atoms with van der Waals surface area (Å²) in [6.45, 7) is 1.67. The molecule has 0 N–H and O–H groups in total. The molecule has 0 fully saturated rings. The first-order valence-corrected chi connectivity index (χ1v) is 4.87. The van der Waals surface area contributed by atoms with Gasteiger partial charge in [0.25, 0.3) is 0 Å². The van der Waals surface area contributed by atoms with Crippen molar-refractivity contribution in [1.29, 1.82) is 0 Å². The average Bonchev–Trinajstić information content (AvgIpc) is 2.14. The summed E-state index contributed by atoms with van der Waals surface area (Å²) in [5, 5.41) is 0. The maximum atomic E-state index is 13.0. The lowest BCUT2D eigenvalue weighted by molar-refractivity contribution is -0.141. The second kappa shape index (κ2) is 4.55. The van der Waals surface area contributed by atoms with E-state index in [1.54, 1.807) is 13.0 Å². The maximum absolute atomic E-state index is 13.0. The van der Waals surface area contributed by atoms with E-state index < -0.39 is 5.92 Å². The molecule has 0 aliphatic carbocycles. The highest BCUT2D eigenvalue weighted by Crippen LogP contribution is 2.22. The van der Waals surface area contributed by atoms with E-state index >= 15 is 0 Å². The summed E-state index contributed by atoms with van der Waals surface area (Å²) in [5.41, 5.74) is 0.601. The van der Waals surface area contributed by atoms with E-state index in [4.69, 9.17) is 0 Å². The molecule has 0 aliphatic heterocycles. The molecule has 0 saturated heterocycles. The Morgan fingerprint density at radius 3 is 2.64 bits per heavy atom. The van der Waals surface area contributed by atoms with E-state index in [0.717, 1.165) is 0 Å². The van der Waals surface area contributed by atoms with Gasteiger partial charge in [-0.3, -0.25) is 4.79 Å². The van der Waals surface area contributed by atoms with Crippen LogP contribution in [0.25, 0.3) is 0 Å². The first-order valence-electron chi connectivity index (χ1n) is 4.08. The van der Waals surface area contributed by atoms with Gasteiger partial charge in [-0.15, -0.1) is 0 Å². The number of carbonyl (C=O) groups excluding carboxylic acids is 1. The molecule has 1 unspecified atom stereocenters. The number of benzene rings is 1. The SMILES string of the molecule is COC(=O)C(C)c1cc(F)cc(Br)c1. The lowest BCUT2D eigenvalue weighted by Gasteiger charge is -2.09. The molecule has 1 aromatic rings. The number of ether oxygens (including phenoxy) is 1. The number of halogens is 2. The molecule has 0 radical (unpaired) electrons. The van der Waals surface area contributed by atoms with Crippen LogP contribution in [-0.2, 0) is 9.53 Å². The number of methoxy groups -OCH3 is 1. The van der Waals surface area contributed by atoms with E-state index in [2.05, 4.69) is 20.7 Å². The minimum atomic E-state index is -0.452. The van der Waals surface area contributed by atoms with Crippen molar-refractivity contribution < 1.29 is 13.9 Å². The van der Waals surface area contributed by atoms with Crippen LogP contribution in [0.2, 0.25) is 0 Å². The molecule has 1 aromatic carbocycles. The Kier molecular flexibility index (Phi) is 3.63. The van der Waals surface area contributed by atoms with Gasteiger partial charge in [-0.25, -0.2) is 4.39 Å². The van der Waals surface area contributed by atoms with Crippen LogP contribution in [0.15, 0.2) is 22.7 Å². The van der Waals surface area contributed by atoms with Gasteiger partial charge in [0.2, 0.25) is 0 Å². The molecule has 76 valence electrons. The molecule has 0 heterocycles. The summed E-state index contributed by atoms with van der Waals surface area (Å²) in [6, 6.07) is 4.37. The fourth-order valence-corrected chi connectivity index (χ4v) is 1.62. The molecule has 4 heteroatoms. The molecule has 0 aliphatic rings. The third-order valence-electron chi connectivity index (χ3n) is 1.94. The molecular formula is C10H10BrFO2. The smallest absolute Gasteiger partial charge is 0.312 e. The molecule has 1 atom stereocenters. The van der Waals surface area contributed by atoms with Crippen molar-refractivity contribution >= 4 is 21.9 Å². The van der Waals surface area contributed by atoms with Crippen LogP contribution in [0.4, 0.5) is 4.39 Å². The zero-order valence-corrected chi connectivity index (χ0v) is 9.47. The van der Waals surface area contributed by atoms with Crippen molar-refractivity contribution in [2.24, 2.45) is 0 Å². The number of rotatable bonds is 2. The summed E-state index contributed by atoms with van der Waals surface area (Å²) in [7, 11) is 1.31. The first-order chi connectivity index (χ1) is 6.54. The summed E-state index contributed by atoms with van der Waals surface area (Å²) >= 11 is 3.16. The predicted octanol–water partition coefficient (Wildman–Crippen LogP) is 2.86. The number of carbonyl (C=O) groups is 1. The average molecular weight is 261 g/mol. The standard InChI is InChI=1S/C10H10BrFO2/c1-6(10(13)14-2)7-3-8(11)5-9(12)4-7/h3-6H,1-2H3. The van der Waals surface area contributed by atoms with Crippen LogP contribution in [0.1, 0.15) is 18.4 Å². The van der Waals surface area contributed by atoms with E-state index in [1.165, 1.54) is 19.2 Å². The Hall–Kier alpha value is -0.900. The fourth-order valence-electron chi connectivity index (χ4n) is 1.14. The molecule has 1 rings (SSSR count). The van der Waals surface area contributed by atoms with Gasteiger partial charge >= 0.3 is 5.97 Å². The summed E-state index contributed by atoms with van der Waals surface area (Å²) in [6.07, 6.45) is 0. The van der Waals surface area contributed by atoms with Crippen molar-refractivity contribution in [3.05, 3.63) is 34.1 Å². The molecule has 14 heavy (non-hydrogen) atoms. The normalized spacial score (nSPS) is 12.3. The second-order valence-corrected chi connectivity index (χ2v) is 3.86. The maximum Gasteiger partial charge on any atom is 0.312 e. The first kappa shape index (κ1) is 11.2. The van der Waals surface area contributed by atoms with Crippen LogP contribution in [0.3, 0.4) is 0 Å². The second-order valence-electron chi connectivity index (χ2n) is 2.95. The van der Waals surface area contributed by atoms with Gasteiger partial charge in [-0.1, -0.05) is 15.9 Å². The monoisotopic (exact) mass is 260 g/mol. The Labute approximate surface area is 90.2 Å². The quantitative estimate of drug-likeness (QED) is 0.765. The van der Waals surface area contributed by atoms with E-state index in [9.17, 15) is 9.18 Å². The summed E-state index contributed by atoms with van der Waals surface area (Å²) in [4.78, 5) is 11.2. The Bertz CT molecular complexity index is 332. The third-order valence-corrected chi connectivity index (χ3v) is 2.40. The summed E-state index contributed by atoms with van der Waals surface area (Å²) < 4.78 is 18.2. The highest BCUT2D eigenvalue weighted by molar-refractivity contribution is 9.10. The van der Waals surface area contributed by atoms with Gasteiger partial charge < -0.3 is 4.74 Å². The van der Waals surface area contributed by atoms with Gasteiger partial charge in [0.05, 0.1) is 13.0 Å². The molecule has 2 nitrogen and oxygen atoms in total. The largest absolute Gasteiger partial charge is 0.469 e. The molecule has 0 aromatic heterocycles. The fraction of sp³-hybridized carbons (Fsp3) is 0.300. The Balaban J connectivity index is 3.00. The topological polar surface area (TPSA) is 26.3 Å². The van der Waals surface area contributed by atoms with E-state index in [-0.39, 0.29) is 11.8 Å². The molecule has 0 bridgehead atoms. The predicted molar refractivity (Wildman–Crippen MR) is 54.5 cm³/mol. The van der Waals surface area contributed by atoms with Gasteiger partial charge in [0.1, 0.15) is 5.82 Å². The molecule has 0 spiro atoms. The molecule has 0 saturated carbocycles. The van der Waals surface area contributed by atoms with Crippen LogP contribution in [0, 0.1) is 5.82 Å². The lowest BCUT2D eigenvalue weighted by atomic mass is 10.0. The van der Waals surface area contributed by atoms with Gasteiger partial charge in [0.15, 0.2) is 0 Å². The Morgan fingerprint density at radius 1 is 1.50 bits per heavy atom. The van der Waals surface area contributed by atoms with Crippen LogP contribution in [0.5, 0.6) is 0 Å². The molecule has 0 amide bonds. The van der Waals surface area contributed by atoms with Crippen LogP contribution < -0.4 is 0 Å². The lowest BCUT2D eigenvalue weighted by Crippen LogP contribution is -2.10. The van der Waals surface area contributed by atoms with Gasteiger partial charge in [-0.05, 0) is 30.7 Å². The third kappa shape index (κ3) is 2.54. The minimum absolute atomic E-state index is 0.370. The number of esters is 1. The van der Waals surface area contributed by atoms with Gasteiger partial charge in [0, 0.05) is 4.47 Å². The summed E-state index contributed by atoms with van der Waals surface area (Å²) in [5.74, 6) is -1.19. The minimum Gasteiger partial charge on any atom is -0.469 e. The van der Waals surface area contributed by atoms with Crippen LogP contribution >= 0.6 is 15.9 Å². The van der Waals surface area contributed by atoms with Crippen molar-refractivity contribution in [1.82, 2.24) is 0 Å². The van der Waals surface area contributed by atoms with Crippen LogP contribution in [-0.4, -0.2) is 13.1 Å². The molecular weight excluding hydrogens is 251 g/mol. The highest BCUT2D eigenvalue weighted by Gasteiger charge is 2.16. The van der Waals surface area contributed by atoms with Crippen molar-refractivity contribution in [2.75, 3.05) is 7.11 Å². The van der Waals surface area contributed by atoms with E-state index in [1.807, 2.05) is 0 Å². The van der Waals surface area contributed by atoms with Crippen molar-refractivity contribution in [2.45, 2.75) is 12.8 Å². The number of hydrogen-bond donors (Lipinski definition) is 0. The Morgan fingerprint density at radius 2 is 2.14 bits per heavy atom. The van der Waals surface area contributed by atoms with Crippen molar-refractivity contribution in [3.63, 3.8) is 0 Å². The zero-order chi connectivity index (χ0) is 10.7. The van der Waals surface area contributed by atoms with E-state index in [0.29, 0.717) is 10.0 Å². The van der Waals surface area contributed by atoms with Gasteiger partial charge in [-0.2, -0.15) is 0 Å².